The normalized spacial score (nSPS) is 23.7. The number of benzene rings is 1. The fourth-order valence-corrected chi connectivity index (χ4v) is 3.68. The summed E-state index contributed by atoms with van der Waals surface area (Å²) in [5.74, 6) is 1.86. The highest BCUT2D eigenvalue weighted by atomic mass is 127. The van der Waals surface area contributed by atoms with E-state index in [1.807, 2.05) is 12.1 Å². The van der Waals surface area contributed by atoms with Crippen LogP contribution in [-0.2, 0) is 0 Å². The molecule has 2 aliphatic heterocycles. The second kappa shape index (κ2) is 7.53. The minimum atomic E-state index is 0.0423. The first-order valence-corrected chi connectivity index (χ1v) is 9.11. The Morgan fingerprint density at radius 3 is 3.04 bits per heavy atom. The molecule has 0 radical (unpaired) electrons. The Balaban J connectivity index is 1.83. The molecule has 0 fully saturated rings. The third-order valence-corrected chi connectivity index (χ3v) is 5.09. The largest absolute Gasteiger partial charge is 0.491 e. The van der Waals surface area contributed by atoms with Crippen molar-refractivity contribution in [2.75, 3.05) is 19.8 Å². The summed E-state index contributed by atoms with van der Waals surface area (Å²) in [6.45, 7) is 3.68. The van der Waals surface area contributed by atoms with E-state index in [0.29, 0.717) is 18.4 Å². The van der Waals surface area contributed by atoms with Crippen molar-refractivity contribution in [3.05, 3.63) is 63.5 Å². The highest BCUT2D eigenvalue weighted by Gasteiger charge is 2.26. The summed E-state index contributed by atoms with van der Waals surface area (Å²) in [5, 5.41) is 8.93. The Bertz CT molecular complexity index is 651. The fourth-order valence-electron chi connectivity index (χ4n) is 3.17. The van der Waals surface area contributed by atoms with Crippen LogP contribution in [0.3, 0.4) is 0 Å². The molecule has 0 bridgehead atoms. The highest BCUT2D eigenvalue weighted by Crippen LogP contribution is 2.36. The van der Waals surface area contributed by atoms with E-state index in [9.17, 15) is 0 Å². The first-order chi connectivity index (χ1) is 11.2. The van der Waals surface area contributed by atoms with Crippen molar-refractivity contribution in [3.8, 4) is 5.75 Å². The van der Waals surface area contributed by atoms with E-state index in [0.717, 1.165) is 18.7 Å². The number of allylic oxidation sites excluding steroid dienone is 4. The third-order valence-electron chi connectivity index (χ3n) is 4.45. The lowest BCUT2D eigenvalue weighted by Gasteiger charge is -2.29. The topological polar surface area (TPSA) is 32.7 Å². The lowest BCUT2D eigenvalue weighted by Crippen LogP contribution is -2.25. The molecule has 2 heterocycles. The summed E-state index contributed by atoms with van der Waals surface area (Å²) in [7, 11) is 0. The molecule has 0 amide bonds. The van der Waals surface area contributed by atoms with Crippen LogP contribution in [0.15, 0.2) is 58.0 Å². The Labute approximate surface area is 151 Å². The molecule has 0 saturated heterocycles. The number of fused-ring (bicyclic) bond motifs is 1. The minimum Gasteiger partial charge on any atom is -0.491 e. The van der Waals surface area contributed by atoms with Gasteiger partial charge >= 0.3 is 0 Å². The molecular weight excluding hydrogens is 401 g/mol. The Morgan fingerprint density at radius 1 is 1.35 bits per heavy atom. The Hall–Kier alpha value is -1.27. The fraction of sp³-hybridized carbons (Fsp3) is 0.368. The van der Waals surface area contributed by atoms with Gasteiger partial charge in [-0.25, -0.2) is 0 Å². The number of nitrogens with zero attached hydrogens (tertiary/aromatic N) is 1. The molecule has 4 heteroatoms. The van der Waals surface area contributed by atoms with Gasteiger partial charge in [0.15, 0.2) is 0 Å². The first-order valence-electron chi connectivity index (χ1n) is 8.03. The summed E-state index contributed by atoms with van der Waals surface area (Å²) in [4.78, 5) is 2.36. The molecule has 0 aliphatic carbocycles. The van der Waals surface area contributed by atoms with Gasteiger partial charge in [0.2, 0.25) is 0 Å². The molecule has 2 unspecified atom stereocenters. The monoisotopic (exact) mass is 423 g/mol. The lowest BCUT2D eigenvalue weighted by molar-refractivity contribution is 0.201. The van der Waals surface area contributed by atoms with Gasteiger partial charge in [0, 0.05) is 27.9 Å². The molecule has 1 aromatic carbocycles. The molecule has 3 rings (SSSR count). The zero-order valence-corrected chi connectivity index (χ0v) is 15.4. The van der Waals surface area contributed by atoms with Crippen molar-refractivity contribution in [2.24, 2.45) is 5.92 Å². The minimum absolute atomic E-state index is 0.0423. The molecule has 1 N–H and O–H groups in total. The van der Waals surface area contributed by atoms with Crippen LogP contribution in [0.5, 0.6) is 5.75 Å². The van der Waals surface area contributed by atoms with Crippen LogP contribution in [0.1, 0.15) is 24.8 Å². The van der Waals surface area contributed by atoms with E-state index in [1.54, 1.807) is 0 Å². The van der Waals surface area contributed by atoms with Crippen molar-refractivity contribution in [1.29, 1.82) is 0 Å². The van der Waals surface area contributed by atoms with E-state index in [2.05, 4.69) is 71.0 Å². The highest BCUT2D eigenvalue weighted by molar-refractivity contribution is 14.1. The predicted molar refractivity (Wildman–Crippen MR) is 102 cm³/mol. The van der Waals surface area contributed by atoms with Crippen LogP contribution in [0, 0.1) is 5.92 Å². The van der Waals surface area contributed by atoms with Crippen molar-refractivity contribution in [1.82, 2.24) is 4.90 Å². The standard InChI is InChI=1S/C19H22INO2/c1-14-5-7-17-8-6-16(20)12-21(17)13-19(14)15-3-2-4-18(11-15)23-10-9-22/h2-4,6-8,11-12,14,19,22H,5,9-10,13H2,1H3. The van der Waals surface area contributed by atoms with Crippen molar-refractivity contribution in [2.45, 2.75) is 19.3 Å². The van der Waals surface area contributed by atoms with Gasteiger partial charge in [-0.15, -0.1) is 0 Å². The lowest BCUT2D eigenvalue weighted by atomic mass is 9.85. The van der Waals surface area contributed by atoms with Gasteiger partial charge in [-0.05, 0) is 64.8 Å². The number of hydrogen-bond donors (Lipinski definition) is 1. The van der Waals surface area contributed by atoms with Crippen LogP contribution in [-0.4, -0.2) is 29.8 Å². The molecule has 1 aromatic rings. The summed E-state index contributed by atoms with van der Waals surface area (Å²) < 4.78 is 6.83. The predicted octanol–water partition coefficient (Wildman–Crippen LogP) is 4.21. The number of aliphatic hydroxyl groups is 1. The van der Waals surface area contributed by atoms with E-state index < -0.39 is 0 Å². The van der Waals surface area contributed by atoms with Crippen LogP contribution in [0.25, 0.3) is 0 Å². The maximum Gasteiger partial charge on any atom is 0.119 e. The van der Waals surface area contributed by atoms with Gasteiger partial charge < -0.3 is 14.7 Å². The average Bonchev–Trinajstić information content (AvgIpc) is 2.72. The molecule has 2 atom stereocenters. The number of halogens is 1. The summed E-state index contributed by atoms with van der Waals surface area (Å²) in [5.41, 5.74) is 2.60. The molecule has 0 spiro atoms. The van der Waals surface area contributed by atoms with Gasteiger partial charge in [0.05, 0.1) is 6.61 Å². The van der Waals surface area contributed by atoms with Crippen molar-refractivity contribution in [3.63, 3.8) is 0 Å². The zero-order valence-electron chi connectivity index (χ0n) is 13.3. The van der Waals surface area contributed by atoms with Gasteiger partial charge in [-0.1, -0.05) is 25.1 Å². The summed E-state index contributed by atoms with van der Waals surface area (Å²) in [6, 6.07) is 8.31. The average molecular weight is 423 g/mol. The van der Waals surface area contributed by atoms with Crippen LogP contribution in [0.2, 0.25) is 0 Å². The van der Waals surface area contributed by atoms with Crippen LogP contribution < -0.4 is 4.74 Å². The Kier molecular flexibility index (Phi) is 5.43. The molecule has 0 aromatic heterocycles. The number of hydrogen-bond acceptors (Lipinski definition) is 3. The molecule has 122 valence electrons. The Morgan fingerprint density at radius 2 is 2.22 bits per heavy atom. The SMILES string of the molecule is CC1CC=C2C=CC(I)=CN2CC1c1cccc(OCCO)c1. The van der Waals surface area contributed by atoms with Crippen molar-refractivity contribution >= 4 is 22.6 Å². The third kappa shape index (κ3) is 3.98. The summed E-state index contributed by atoms with van der Waals surface area (Å²) in [6.07, 6.45) is 10.0. The van der Waals surface area contributed by atoms with E-state index in [1.165, 1.54) is 14.8 Å². The van der Waals surface area contributed by atoms with E-state index >= 15 is 0 Å². The van der Waals surface area contributed by atoms with E-state index in [-0.39, 0.29) is 6.61 Å². The first kappa shape index (κ1) is 16.6. The van der Waals surface area contributed by atoms with Gasteiger partial charge in [-0.2, -0.15) is 0 Å². The quantitative estimate of drug-likeness (QED) is 0.737. The number of rotatable bonds is 4. The smallest absolute Gasteiger partial charge is 0.119 e. The zero-order chi connectivity index (χ0) is 16.2. The van der Waals surface area contributed by atoms with Crippen molar-refractivity contribution < 1.29 is 9.84 Å². The second-order valence-corrected chi connectivity index (χ2v) is 7.34. The van der Waals surface area contributed by atoms with E-state index in [4.69, 9.17) is 9.84 Å². The van der Waals surface area contributed by atoms with Crippen LogP contribution in [0.4, 0.5) is 0 Å². The van der Waals surface area contributed by atoms with Gasteiger partial charge in [-0.3, -0.25) is 0 Å². The summed E-state index contributed by atoms with van der Waals surface area (Å²) >= 11 is 2.37. The van der Waals surface area contributed by atoms with Gasteiger partial charge in [0.25, 0.3) is 0 Å². The number of aliphatic hydroxyl groups excluding tert-OH is 1. The molecule has 0 saturated carbocycles. The molecule has 3 nitrogen and oxygen atoms in total. The van der Waals surface area contributed by atoms with Gasteiger partial charge in [0.1, 0.15) is 12.4 Å². The molecule has 2 aliphatic rings. The molecular formula is C19H22INO2. The van der Waals surface area contributed by atoms with Crippen LogP contribution >= 0.6 is 22.6 Å². The maximum absolute atomic E-state index is 8.93. The number of ether oxygens (including phenoxy) is 1. The maximum atomic E-state index is 8.93. The molecule has 23 heavy (non-hydrogen) atoms. The second-order valence-electron chi connectivity index (χ2n) is 6.09.